The predicted molar refractivity (Wildman–Crippen MR) is 70.1 cm³/mol. The smallest absolute Gasteiger partial charge is 0.311 e. The maximum Gasteiger partial charge on any atom is 0.311 e. The molecule has 1 aliphatic heterocycles. The Balaban J connectivity index is 2.21. The summed E-state index contributed by atoms with van der Waals surface area (Å²) in [6.45, 7) is 3.03. The number of carbonyl (C=O) groups excluding carboxylic acids is 1. The lowest BCUT2D eigenvalue weighted by Gasteiger charge is -2.12. The van der Waals surface area contributed by atoms with Gasteiger partial charge in [-0.1, -0.05) is 0 Å². The number of hydrogen-bond donors (Lipinski definition) is 3. The topological polar surface area (TPSA) is 109 Å². The number of nitrogens with zero attached hydrogens (tertiary/aromatic N) is 2. The van der Waals surface area contributed by atoms with Gasteiger partial charge in [0.15, 0.2) is 0 Å². The van der Waals surface area contributed by atoms with E-state index in [0.29, 0.717) is 25.3 Å². The number of amides is 1. The van der Waals surface area contributed by atoms with Crippen LogP contribution in [0, 0.1) is 10.1 Å². The zero-order chi connectivity index (χ0) is 13.8. The second-order valence-corrected chi connectivity index (χ2v) is 4.20. The van der Waals surface area contributed by atoms with Gasteiger partial charge in [0, 0.05) is 25.6 Å². The minimum atomic E-state index is -0.491. The van der Waals surface area contributed by atoms with E-state index in [9.17, 15) is 14.9 Å². The normalized spacial score (nSPS) is 17.9. The van der Waals surface area contributed by atoms with Crippen molar-refractivity contribution in [2.24, 2.45) is 0 Å². The molecule has 2 heterocycles. The van der Waals surface area contributed by atoms with E-state index in [2.05, 4.69) is 20.9 Å². The van der Waals surface area contributed by atoms with Gasteiger partial charge in [0.1, 0.15) is 5.82 Å². The first kappa shape index (κ1) is 13.1. The lowest BCUT2D eigenvalue weighted by Crippen LogP contribution is -2.23. The third-order valence-electron chi connectivity index (χ3n) is 2.75. The van der Waals surface area contributed by atoms with Crippen LogP contribution in [-0.4, -0.2) is 34.9 Å². The van der Waals surface area contributed by atoms with Crippen molar-refractivity contribution in [2.75, 3.05) is 23.7 Å². The average molecular weight is 265 g/mol. The molecule has 8 heteroatoms. The Morgan fingerprint density at radius 3 is 2.95 bits per heavy atom. The number of hydrogen-bond acceptors (Lipinski definition) is 6. The summed E-state index contributed by atoms with van der Waals surface area (Å²) < 4.78 is 0. The first-order chi connectivity index (χ1) is 9.10. The standard InChI is InChI=1S/C11H15N5O3/c1-2-12-9-4-3-8(16(18)19)11(15-9)14-7-5-10(17)13-6-7/h3-4,7H,2,5-6H2,1H3,(H,13,17)(H2,12,14,15). The number of anilines is 2. The molecule has 1 saturated heterocycles. The summed E-state index contributed by atoms with van der Waals surface area (Å²) in [4.78, 5) is 25.7. The number of pyridine rings is 1. The first-order valence-corrected chi connectivity index (χ1v) is 6.02. The van der Waals surface area contributed by atoms with Crippen LogP contribution in [0.5, 0.6) is 0 Å². The van der Waals surface area contributed by atoms with E-state index >= 15 is 0 Å². The molecule has 1 aromatic rings. The Labute approximate surface area is 109 Å². The summed E-state index contributed by atoms with van der Waals surface area (Å²) in [5.74, 6) is 0.681. The predicted octanol–water partition coefficient (Wildman–Crippen LogP) is 0.722. The summed E-state index contributed by atoms with van der Waals surface area (Å²) in [5.41, 5.74) is -0.0963. The molecule has 0 bridgehead atoms. The number of nitrogens with one attached hydrogen (secondary N) is 3. The van der Waals surface area contributed by atoms with E-state index in [-0.39, 0.29) is 23.5 Å². The van der Waals surface area contributed by atoms with Crippen molar-refractivity contribution in [3.05, 3.63) is 22.2 Å². The fourth-order valence-corrected chi connectivity index (χ4v) is 1.89. The molecule has 2 rings (SSSR count). The molecular formula is C11H15N5O3. The zero-order valence-corrected chi connectivity index (χ0v) is 10.5. The van der Waals surface area contributed by atoms with E-state index in [1.54, 1.807) is 6.07 Å². The lowest BCUT2D eigenvalue weighted by molar-refractivity contribution is -0.384. The fourth-order valence-electron chi connectivity index (χ4n) is 1.89. The highest BCUT2D eigenvalue weighted by molar-refractivity contribution is 5.80. The maximum atomic E-state index is 11.1. The van der Waals surface area contributed by atoms with Gasteiger partial charge in [0.2, 0.25) is 11.7 Å². The fraction of sp³-hybridized carbons (Fsp3) is 0.455. The molecule has 0 spiro atoms. The van der Waals surface area contributed by atoms with Gasteiger partial charge in [0.25, 0.3) is 0 Å². The second-order valence-electron chi connectivity index (χ2n) is 4.20. The van der Waals surface area contributed by atoms with Crippen LogP contribution >= 0.6 is 0 Å². The van der Waals surface area contributed by atoms with Crippen LogP contribution in [0.2, 0.25) is 0 Å². The van der Waals surface area contributed by atoms with Gasteiger partial charge in [-0.3, -0.25) is 14.9 Å². The molecule has 0 radical (unpaired) electrons. The van der Waals surface area contributed by atoms with Gasteiger partial charge >= 0.3 is 5.69 Å². The average Bonchev–Trinajstić information content (AvgIpc) is 2.75. The van der Waals surface area contributed by atoms with Crippen LogP contribution in [0.4, 0.5) is 17.3 Å². The number of nitro groups is 1. The van der Waals surface area contributed by atoms with Crippen LogP contribution in [0.15, 0.2) is 12.1 Å². The molecule has 1 fully saturated rings. The van der Waals surface area contributed by atoms with Crippen molar-refractivity contribution < 1.29 is 9.72 Å². The molecule has 3 N–H and O–H groups in total. The Morgan fingerprint density at radius 2 is 2.37 bits per heavy atom. The van der Waals surface area contributed by atoms with Crippen LogP contribution in [0.3, 0.4) is 0 Å². The number of rotatable bonds is 5. The van der Waals surface area contributed by atoms with Crippen molar-refractivity contribution in [2.45, 2.75) is 19.4 Å². The first-order valence-electron chi connectivity index (χ1n) is 6.02. The van der Waals surface area contributed by atoms with E-state index < -0.39 is 4.92 Å². The Morgan fingerprint density at radius 1 is 1.58 bits per heavy atom. The van der Waals surface area contributed by atoms with Gasteiger partial charge in [0.05, 0.1) is 11.0 Å². The molecule has 1 aromatic heterocycles. The van der Waals surface area contributed by atoms with Crippen LogP contribution < -0.4 is 16.0 Å². The Kier molecular flexibility index (Phi) is 3.79. The third-order valence-corrected chi connectivity index (χ3v) is 2.75. The highest BCUT2D eigenvalue weighted by Crippen LogP contribution is 2.25. The molecule has 0 aliphatic carbocycles. The van der Waals surface area contributed by atoms with Crippen molar-refractivity contribution >= 4 is 23.2 Å². The minimum absolute atomic E-state index is 0.0667. The molecule has 19 heavy (non-hydrogen) atoms. The molecule has 0 saturated carbocycles. The second kappa shape index (κ2) is 5.51. The summed E-state index contributed by atoms with van der Waals surface area (Å²) in [5, 5.41) is 19.6. The van der Waals surface area contributed by atoms with Crippen molar-refractivity contribution in [1.82, 2.24) is 10.3 Å². The molecule has 1 amide bonds. The van der Waals surface area contributed by atoms with Gasteiger partial charge in [-0.25, -0.2) is 4.98 Å². The van der Waals surface area contributed by atoms with Gasteiger partial charge in [-0.05, 0) is 13.0 Å². The highest BCUT2D eigenvalue weighted by atomic mass is 16.6. The summed E-state index contributed by atoms with van der Waals surface area (Å²) in [7, 11) is 0. The van der Waals surface area contributed by atoms with Crippen molar-refractivity contribution in [3.8, 4) is 0 Å². The molecule has 1 aliphatic rings. The minimum Gasteiger partial charge on any atom is -0.370 e. The van der Waals surface area contributed by atoms with Crippen LogP contribution in [-0.2, 0) is 4.79 Å². The Bertz CT molecular complexity index is 505. The van der Waals surface area contributed by atoms with Crippen LogP contribution in [0.1, 0.15) is 13.3 Å². The monoisotopic (exact) mass is 265 g/mol. The van der Waals surface area contributed by atoms with Gasteiger partial charge in [-0.15, -0.1) is 0 Å². The SMILES string of the molecule is CCNc1ccc([N+](=O)[O-])c(NC2CNC(=O)C2)n1. The van der Waals surface area contributed by atoms with E-state index in [1.807, 2.05) is 6.92 Å². The summed E-state index contributed by atoms with van der Waals surface area (Å²) in [6.07, 6.45) is 0.296. The molecule has 0 aromatic carbocycles. The van der Waals surface area contributed by atoms with Crippen molar-refractivity contribution in [3.63, 3.8) is 0 Å². The molecule has 1 atom stereocenters. The number of carbonyl (C=O) groups is 1. The lowest BCUT2D eigenvalue weighted by atomic mass is 10.2. The molecule has 8 nitrogen and oxygen atoms in total. The third kappa shape index (κ3) is 3.09. The number of aromatic nitrogens is 1. The summed E-state index contributed by atoms with van der Waals surface area (Å²) >= 11 is 0. The summed E-state index contributed by atoms with van der Waals surface area (Å²) in [6, 6.07) is 2.79. The van der Waals surface area contributed by atoms with E-state index in [0.717, 1.165) is 0 Å². The van der Waals surface area contributed by atoms with Crippen molar-refractivity contribution in [1.29, 1.82) is 0 Å². The quantitative estimate of drug-likeness (QED) is 0.534. The molecule has 1 unspecified atom stereocenters. The largest absolute Gasteiger partial charge is 0.370 e. The van der Waals surface area contributed by atoms with E-state index in [1.165, 1.54) is 6.07 Å². The maximum absolute atomic E-state index is 11.1. The Hall–Kier alpha value is -2.38. The van der Waals surface area contributed by atoms with Gasteiger partial charge in [-0.2, -0.15) is 0 Å². The van der Waals surface area contributed by atoms with Crippen LogP contribution in [0.25, 0.3) is 0 Å². The highest BCUT2D eigenvalue weighted by Gasteiger charge is 2.25. The zero-order valence-electron chi connectivity index (χ0n) is 10.5. The molecular weight excluding hydrogens is 250 g/mol. The molecule has 102 valence electrons. The van der Waals surface area contributed by atoms with E-state index in [4.69, 9.17) is 0 Å². The van der Waals surface area contributed by atoms with Gasteiger partial charge < -0.3 is 16.0 Å².